The van der Waals surface area contributed by atoms with Crippen LogP contribution in [-0.4, -0.2) is 42.4 Å². The first-order valence-corrected chi connectivity index (χ1v) is 15.8. The highest BCUT2D eigenvalue weighted by molar-refractivity contribution is 7.99. The number of fused-ring (bicyclic) bond motifs is 1. The van der Waals surface area contributed by atoms with E-state index in [9.17, 15) is 4.79 Å². The highest BCUT2D eigenvalue weighted by atomic mass is 32.2. The molecule has 8 nitrogen and oxygen atoms in total. The van der Waals surface area contributed by atoms with Crippen LogP contribution >= 0.6 is 23.5 Å². The molecule has 0 saturated carbocycles. The number of carbonyl (C=O) groups excluding carboxylic acids is 1. The van der Waals surface area contributed by atoms with Crippen molar-refractivity contribution in [3.63, 3.8) is 0 Å². The van der Waals surface area contributed by atoms with Crippen LogP contribution in [0.15, 0.2) is 88.8 Å². The van der Waals surface area contributed by atoms with Crippen LogP contribution in [-0.2, 0) is 12.0 Å². The van der Waals surface area contributed by atoms with Crippen molar-refractivity contribution in [2.24, 2.45) is 0 Å². The predicted molar refractivity (Wildman–Crippen MR) is 168 cm³/mol. The molecule has 41 heavy (non-hydrogen) atoms. The third-order valence-electron chi connectivity index (χ3n) is 6.71. The minimum absolute atomic E-state index is 0.145. The number of anilines is 1. The Morgan fingerprint density at radius 1 is 1.00 bits per heavy atom. The molecule has 5 aromatic rings. The van der Waals surface area contributed by atoms with Gasteiger partial charge in [0.05, 0.1) is 11.4 Å². The molecule has 0 spiro atoms. The van der Waals surface area contributed by atoms with Gasteiger partial charge in [0.2, 0.25) is 0 Å². The van der Waals surface area contributed by atoms with Crippen LogP contribution in [0, 0.1) is 0 Å². The van der Waals surface area contributed by atoms with E-state index >= 15 is 0 Å². The highest BCUT2D eigenvalue weighted by Crippen LogP contribution is 2.32. The zero-order valence-corrected chi connectivity index (χ0v) is 25.6. The molecule has 2 N–H and O–H groups in total. The van der Waals surface area contributed by atoms with E-state index in [-0.39, 0.29) is 17.4 Å². The molecule has 2 aromatic carbocycles. The van der Waals surface area contributed by atoms with Crippen LogP contribution in [0.3, 0.4) is 0 Å². The molecule has 0 atom stereocenters. The standard InChI is InChI=1S/C31H35N7OS2/c1-21(2)29-35-34-27-16-15-24(19-37(27)29)41-25-14-10-9-11-22(25)18-32-30(39)33-28-17-26(31(3,4)20-40-5)36-38(28)23-12-7-6-8-13-23/h6-17,19,21H,18,20H2,1-5H3,(H2,32,33,39). The van der Waals surface area contributed by atoms with E-state index in [1.807, 2.05) is 65.1 Å². The Morgan fingerprint density at radius 3 is 2.51 bits per heavy atom. The molecule has 0 aliphatic carbocycles. The van der Waals surface area contributed by atoms with Gasteiger partial charge in [-0.2, -0.15) is 16.9 Å². The van der Waals surface area contributed by atoms with Crippen LogP contribution in [0.25, 0.3) is 11.3 Å². The van der Waals surface area contributed by atoms with Gasteiger partial charge in [-0.3, -0.25) is 9.72 Å². The van der Waals surface area contributed by atoms with E-state index in [0.29, 0.717) is 12.4 Å². The smallest absolute Gasteiger partial charge is 0.320 e. The zero-order chi connectivity index (χ0) is 29.0. The monoisotopic (exact) mass is 585 g/mol. The maximum absolute atomic E-state index is 13.2. The van der Waals surface area contributed by atoms with Crippen molar-refractivity contribution in [1.29, 1.82) is 0 Å². The second kappa shape index (κ2) is 12.4. The van der Waals surface area contributed by atoms with Crippen LogP contribution in [0.1, 0.15) is 50.7 Å². The molecule has 0 bridgehead atoms. The third kappa shape index (κ3) is 6.60. The molecule has 0 radical (unpaired) electrons. The molecule has 0 aliphatic heterocycles. The number of nitrogens with one attached hydrogen (secondary N) is 2. The minimum atomic E-state index is -0.288. The van der Waals surface area contributed by atoms with E-state index in [2.05, 4.69) is 73.1 Å². The fourth-order valence-electron chi connectivity index (χ4n) is 4.56. The lowest BCUT2D eigenvalue weighted by atomic mass is 9.92. The second-order valence-corrected chi connectivity index (χ2v) is 12.8. The normalized spacial score (nSPS) is 11.8. The Labute approximate surface area is 249 Å². The molecule has 0 saturated heterocycles. The molecule has 5 rings (SSSR count). The Balaban J connectivity index is 1.32. The van der Waals surface area contributed by atoms with Gasteiger partial charge in [-0.25, -0.2) is 9.48 Å². The first-order chi connectivity index (χ1) is 19.7. The van der Waals surface area contributed by atoms with E-state index in [1.165, 1.54) is 0 Å². The van der Waals surface area contributed by atoms with Crippen LogP contribution in [0.4, 0.5) is 10.6 Å². The van der Waals surface area contributed by atoms with Crippen LogP contribution in [0.5, 0.6) is 0 Å². The molecule has 2 amide bonds. The van der Waals surface area contributed by atoms with E-state index in [4.69, 9.17) is 5.10 Å². The average molecular weight is 586 g/mol. The lowest BCUT2D eigenvalue weighted by molar-refractivity contribution is 0.251. The summed E-state index contributed by atoms with van der Waals surface area (Å²) in [5.74, 6) is 2.75. The second-order valence-electron chi connectivity index (χ2n) is 10.8. The summed E-state index contributed by atoms with van der Waals surface area (Å²) in [4.78, 5) is 15.3. The molecular weight excluding hydrogens is 551 g/mol. The molecule has 3 heterocycles. The van der Waals surface area contributed by atoms with Crippen molar-refractivity contribution in [2.75, 3.05) is 17.3 Å². The molecule has 0 fully saturated rings. The number of para-hydroxylation sites is 1. The summed E-state index contributed by atoms with van der Waals surface area (Å²) >= 11 is 3.43. The van der Waals surface area contributed by atoms with Crippen molar-refractivity contribution >= 4 is 41.0 Å². The fraction of sp³-hybridized carbons (Fsp3) is 0.290. The number of hydrogen-bond donors (Lipinski definition) is 2. The Morgan fingerprint density at radius 2 is 1.76 bits per heavy atom. The lowest BCUT2D eigenvalue weighted by Crippen LogP contribution is -2.29. The number of thioether (sulfide) groups is 1. The van der Waals surface area contributed by atoms with Crippen molar-refractivity contribution in [2.45, 2.75) is 55.4 Å². The fourth-order valence-corrected chi connectivity index (χ4v) is 6.39. The zero-order valence-electron chi connectivity index (χ0n) is 24.0. The quantitative estimate of drug-likeness (QED) is 0.181. The molecule has 0 unspecified atom stereocenters. The van der Waals surface area contributed by atoms with Crippen molar-refractivity contribution in [3.05, 3.63) is 96.1 Å². The predicted octanol–water partition coefficient (Wildman–Crippen LogP) is 7.15. The van der Waals surface area contributed by atoms with E-state index < -0.39 is 0 Å². The van der Waals surface area contributed by atoms with Gasteiger partial charge in [-0.1, -0.05) is 75.9 Å². The molecular formula is C31H35N7OS2. The molecule has 0 aliphatic rings. The van der Waals surface area contributed by atoms with Gasteiger partial charge in [-0.15, -0.1) is 10.2 Å². The van der Waals surface area contributed by atoms with Crippen LogP contribution < -0.4 is 10.6 Å². The Bertz CT molecular complexity index is 1640. The van der Waals surface area contributed by atoms with Gasteiger partial charge in [0.25, 0.3) is 0 Å². The number of carbonyl (C=O) groups is 1. The first-order valence-electron chi connectivity index (χ1n) is 13.6. The SMILES string of the molecule is CSCC(C)(C)c1cc(NC(=O)NCc2ccccc2Sc2ccc3nnc(C(C)C)n3c2)n(-c2ccccc2)n1. The van der Waals surface area contributed by atoms with Crippen molar-refractivity contribution in [3.8, 4) is 5.69 Å². The topological polar surface area (TPSA) is 89.1 Å². The molecule has 10 heteroatoms. The number of urea groups is 1. The maximum Gasteiger partial charge on any atom is 0.320 e. The summed E-state index contributed by atoms with van der Waals surface area (Å²) < 4.78 is 3.85. The van der Waals surface area contributed by atoms with Crippen molar-refractivity contribution in [1.82, 2.24) is 29.7 Å². The van der Waals surface area contributed by atoms with Gasteiger partial charge in [0, 0.05) is 45.7 Å². The summed E-state index contributed by atoms with van der Waals surface area (Å²) in [6, 6.07) is 23.7. The number of nitrogens with zero attached hydrogens (tertiary/aromatic N) is 5. The Hall–Kier alpha value is -3.76. The summed E-state index contributed by atoms with van der Waals surface area (Å²) in [5, 5.41) is 19.6. The number of aromatic nitrogens is 5. The van der Waals surface area contributed by atoms with Gasteiger partial charge < -0.3 is 5.32 Å². The minimum Gasteiger partial charge on any atom is -0.334 e. The first kappa shape index (κ1) is 28.8. The van der Waals surface area contributed by atoms with Gasteiger partial charge in [0.15, 0.2) is 5.65 Å². The number of pyridine rings is 1. The number of rotatable bonds is 10. The van der Waals surface area contributed by atoms with Gasteiger partial charge in [0.1, 0.15) is 11.6 Å². The largest absolute Gasteiger partial charge is 0.334 e. The number of hydrogen-bond acceptors (Lipinski definition) is 6. The summed E-state index contributed by atoms with van der Waals surface area (Å²) in [6.45, 7) is 8.95. The van der Waals surface area contributed by atoms with Crippen molar-refractivity contribution < 1.29 is 4.79 Å². The molecule has 3 aromatic heterocycles. The van der Waals surface area contributed by atoms with E-state index in [1.54, 1.807) is 28.2 Å². The van der Waals surface area contributed by atoms with Crippen LogP contribution in [0.2, 0.25) is 0 Å². The summed E-state index contributed by atoms with van der Waals surface area (Å²) in [7, 11) is 0. The maximum atomic E-state index is 13.2. The van der Waals surface area contributed by atoms with E-state index in [0.717, 1.165) is 44.0 Å². The lowest BCUT2D eigenvalue weighted by Gasteiger charge is -2.20. The highest BCUT2D eigenvalue weighted by Gasteiger charge is 2.26. The summed E-state index contributed by atoms with van der Waals surface area (Å²) in [6.07, 6.45) is 4.17. The molecule has 212 valence electrons. The van der Waals surface area contributed by atoms with Gasteiger partial charge >= 0.3 is 6.03 Å². The van der Waals surface area contributed by atoms with Gasteiger partial charge in [-0.05, 0) is 42.2 Å². The third-order valence-corrected chi connectivity index (χ3v) is 8.81. The Kier molecular flexibility index (Phi) is 8.70. The average Bonchev–Trinajstić information content (AvgIpc) is 3.58. The summed E-state index contributed by atoms with van der Waals surface area (Å²) in [5.41, 5.74) is 3.53. The number of amides is 2. The number of benzene rings is 2.